The monoisotopic (exact) mass is 240 g/mol. The fraction of sp³-hybridized carbons (Fsp3) is 0.867. The average Bonchev–Trinajstić information content (AvgIpc) is 2.54. The van der Waals surface area contributed by atoms with E-state index in [1.54, 1.807) is 0 Å². The summed E-state index contributed by atoms with van der Waals surface area (Å²) >= 11 is 0. The van der Waals surface area contributed by atoms with Gasteiger partial charge in [0.2, 0.25) is 0 Å². The third-order valence-electron chi connectivity index (χ3n) is 3.81. The maximum Gasteiger partial charge on any atom is 0.0873 e. The Hall–Kier alpha value is -0.500. The molecule has 0 amide bonds. The maximum atomic E-state index is 5.57. The van der Waals surface area contributed by atoms with Gasteiger partial charge in [-0.05, 0) is 56.9 Å². The SMILES string of the molecule is CCC1(CCCOC=C(C)C)CCCOCC1. The quantitative estimate of drug-likeness (QED) is 0.509. The van der Waals surface area contributed by atoms with Crippen LogP contribution in [0.1, 0.15) is 59.3 Å². The predicted molar refractivity (Wildman–Crippen MR) is 72.0 cm³/mol. The first-order valence-corrected chi connectivity index (χ1v) is 7.01. The van der Waals surface area contributed by atoms with Gasteiger partial charge in [-0.3, -0.25) is 0 Å². The van der Waals surface area contributed by atoms with Crippen molar-refractivity contribution in [3.8, 4) is 0 Å². The minimum absolute atomic E-state index is 0.519. The molecule has 0 aliphatic carbocycles. The summed E-state index contributed by atoms with van der Waals surface area (Å²) in [5.41, 5.74) is 1.75. The molecule has 0 aromatic heterocycles. The number of ether oxygens (including phenoxy) is 2. The van der Waals surface area contributed by atoms with Gasteiger partial charge in [0.15, 0.2) is 0 Å². The van der Waals surface area contributed by atoms with E-state index < -0.39 is 0 Å². The smallest absolute Gasteiger partial charge is 0.0873 e. The van der Waals surface area contributed by atoms with E-state index in [1.807, 2.05) is 6.26 Å². The largest absolute Gasteiger partial charge is 0.501 e. The predicted octanol–water partition coefficient (Wildman–Crippen LogP) is 4.30. The van der Waals surface area contributed by atoms with Crippen molar-refractivity contribution in [3.05, 3.63) is 11.8 Å². The highest BCUT2D eigenvalue weighted by Gasteiger charge is 2.28. The molecular weight excluding hydrogens is 212 g/mol. The van der Waals surface area contributed by atoms with Crippen LogP contribution in [0.3, 0.4) is 0 Å². The Labute approximate surface area is 106 Å². The first-order chi connectivity index (χ1) is 8.18. The molecule has 1 aliphatic rings. The van der Waals surface area contributed by atoms with Gasteiger partial charge in [0.25, 0.3) is 0 Å². The molecule has 0 spiro atoms. The third-order valence-corrected chi connectivity index (χ3v) is 3.81. The van der Waals surface area contributed by atoms with Gasteiger partial charge in [-0.1, -0.05) is 13.3 Å². The summed E-state index contributed by atoms with van der Waals surface area (Å²) < 4.78 is 11.1. The van der Waals surface area contributed by atoms with Crippen LogP contribution in [0.5, 0.6) is 0 Å². The van der Waals surface area contributed by atoms with E-state index in [2.05, 4.69) is 20.8 Å². The van der Waals surface area contributed by atoms with Gasteiger partial charge in [0, 0.05) is 13.2 Å². The van der Waals surface area contributed by atoms with Crippen molar-refractivity contribution in [2.75, 3.05) is 19.8 Å². The fourth-order valence-corrected chi connectivity index (χ4v) is 2.60. The Morgan fingerprint density at radius 2 is 2.12 bits per heavy atom. The Morgan fingerprint density at radius 3 is 2.82 bits per heavy atom. The van der Waals surface area contributed by atoms with Crippen molar-refractivity contribution in [1.82, 2.24) is 0 Å². The second-order valence-electron chi connectivity index (χ2n) is 5.49. The summed E-state index contributed by atoms with van der Waals surface area (Å²) in [6.07, 6.45) is 9.37. The van der Waals surface area contributed by atoms with Gasteiger partial charge in [-0.25, -0.2) is 0 Å². The molecule has 1 rings (SSSR count). The van der Waals surface area contributed by atoms with Crippen LogP contribution in [-0.4, -0.2) is 19.8 Å². The second-order valence-corrected chi connectivity index (χ2v) is 5.49. The molecule has 1 atom stereocenters. The van der Waals surface area contributed by atoms with Gasteiger partial charge in [-0.2, -0.15) is 0 Å². The molecule has 0 aromatic carbocycles. The molecule has 0 radical (unpaired) electrons. The van der Waals surface area contributed by atoms with E-state index in [4.69, 9.17) is 9.47 Å². The zero-order chi connectivity index (χ0) is 12.6. The minimum atomic E-state index is 0.519. The summed E-state index contributed by atoms with van der Waals surface area (Å²) in [6.45, 7) is 9.21. The van der Waals surface area contributed by atoms with Crippen molar-refractivity contribution in [3.63, 3.8) is 0 Å². The normalized spacial score (nSPS) is 25.1. The first kappa shape index (κ1) is 14.6. The lowest BCUT2D eigenvalue weighted by Gasteiger charge is -2.31. The summed E-state index contributed by atoms with van der Waals surface area (Å²) in [4.78, 5) is 0. The van der Waals surface area contributed by atoms with E-state index in [-0.39, 0.29) is 0 Å². The van der Waals surface area contributed by atoms with Crippen LogP contribution in [0.4, 0.5) is 0 Å². The van der Waals surface area contributed by atoms with Gasteiger partial charge in [0.05, 0.1) is 12.9 Å². The lowest BCUT2D eigenvalue weighted by Crippen LogP contribution is -2.20. The van der Waals surface area contributed by atoms with E-state index in [0.29, 0.717) is 5.41 Å². The molecule has 1 aliphatic heterocycles. The lowest BCUT2D eigenvalue weighted by molar-refractivity contribution is 0.121. The first-order valence-electron chi connectivity index (χ1n) is 7.01. The summed E-state index contributed by atoms with van der Waals surface area (Å²) in [7, 11) is 0. The molecule has 100 valence electrons. The molecule has 1 fully saturated rings. The van der Waals surface area contributed by atoms with Gasteiger partial charge < -0.3 is 9.47 Å². The third kappa shape index (κ3) is 5.58. The van der Waals surface area contributed by atoms with E-state index in [1.165, 1.54) is 37.7 Å². The van der Waals surface area contributed by atoms with E-state index in [0.717, 1.165) is 26.2 Å². The van der Waals surface area contributed by atoms with Crippen LogP contribution in [0.2, 0.25) is 0 Å². The van der Waals surface area contributed by atoms with Crippen LogP contribution in [0.25, 0.3) is 0 Å². The van der Waals surface area contributed by atoms with Crippen molar-refractivity contribution in [1.29, 1.82) is 0 Å². The molecule has 17 heavy (non-hydrogen) atoms. The number of hydrogen-bond acceptors (Lipinski definition) is 2. The molecule has 2 heteroatoms. The molecule has 1 saturated heterocycles. The Morgan fingerprint density at radius 1 is 1.29 bits per heavy atom. The van der Waals surface area contributed by atoms with Crippen LogP contribution in [0.15, 0.2) is 11.8 Å². The molecule has 1 heterocycles. The number of hydrogen-bond donors (Lipinski definition) is 0. The molecule has 0 bridgehead atoms. The highest BCUT2D eigenvalue weighted by atomic mass is 16.5. The number of rotatable bonds is 6. The topological polar surface area (TPSA) is 18.5 Å². The van der Waals surface area contributed by atoms with Crippen molar-refractivity contribution in [2.45, 2.75) is 59.3 Å². The van der Waals surface area contributed by atoms with Gasteiger partial charge in [-0.15, -0.1) is 0 Å². The Kier molecular flexibility index (Phi) is 6.64. The van der Waals surface area contributed by atoms with E-state index >= 15 is 0 Å². The summed E-state index contributed by atoms with van der Waals surface area (Å²) in [6, 6.07) is 0. The molecule has 0 saturated carbocycles. The van der Waals surface area contributed by atoms with Crippen LogP contribution >= 0.6 is 0 Å². The zero-order valence-corrected chi connectivity index (χ0v) is 11.8. The second kappa shape index (κ2) is 7.75. The minimum Gasteiger partial charge on any atom is -0.501 e. The van der Waals surface area contributed by atoms with Crippen LogP contribution in [-0.2, 0) is 9.47 Å². The molecule has 1 unspecified atom stereocenters. The van der Waals surface area contributed by atoms with Crippen LogP contribution in [0, 0.1) is 5.41 Å². The standard InChI is InChI=1S/C15H28O2/c1-4-15(7-5-10-16-12-9-15)8-6-11-17-13-14(2)3/h13H,4-12H2,1-3H3. The van der Waals surface area contributed by atoms with E-state index in [9.17, 15) is 0 Å². The Bertz CT molecular complexity index is 221. The molecule has 0 N–H and O–H groups in total. The highest BCUT2D eigenvalue weighted by Crippen LogP contribution is 2.38. The molecule has 0 aromatic rings. The van der Waals surface area contributed by atoms with Crippen molar-refractivity contribution < 1.29 is 9.47 Å². The maximum absolute atomic E-state index is 5.57. The fourth-order valence-electron chi connectivity index (χ4n) is 2.60. The molecular formula is C15H28O2. The molecule has 2 nitrogen and oxygen atoms in total. The van der Waals surface area contributed by atoms with Crippen molar-refractivity contribution >= 4 is 0 Å². The summed E-state index contributed by atoms with van der Waals surface area (Å²) in [5, 5.41) is 0. The Balaban J connectivity index is 2.27. The lowest BCUT2D eigenvalue weighted by atomic mass is 9.75. The summed E-state index contributed by atoms with van der Waals surface area (Å²) in [5.74, 6) is 0. The average molecular weight is 240 g/mol. The van der Waals surface area contributed by atoms with Crippen molar-refractivity contribution in [2.24, 2.45) is 5.41 Å². The zero-order valence-electron chi connectivity index (χ0n) is 11.8. The van der Waals surface area contributed by atoms with Gasteiger partial charge in [0.1, 0.15) is 0 Å². The van der Waals surface area contributed by atoms with Gasteiger partial charge >= 0.3 is 0 Å². The van der Waals surface area contributed by atoms with Crippen LogP contribution < -0.4 is 0 Å². The number of allylic oxidation sites excluding steroid dienone is 1. The highest BCUT2D eigenvalue weighted by molar-refractivity contribution is 4.86.